The second-order valence-corrected chi connectivity index (χ2v) is 5.45. The molecular formula is C15H16ClN3O. The van der Waals surface area contributed by atoms with Crippen molar-refractivity contribution in [3.8, 4) is 11.6 Å². The van der Waals surface area contributed by atoms with Crippen molar-refractivity contribution in [3.05, 3.63) is 46.9 Å². The molecule has 4 nitrogen and oxygen atoms in total. The van der Waals surface area contributed by atoms with Crippen LogP contribution in [0, 0.1) is 6.92 Å². The molecule has 1 saturated carbocycles. The van der Waals surface area contributed by atoms with E-state index in [-0.39, 0.29) is 0 Å². The minimum atomic E-state index is 0.477. The van der Waals surface area contributed by atoms with Crippen molar-refractivity contribution in [2.45, 2.75) is 32.4 Å². The highest BCUT2D eigenvalue weighted by molar-refractivity contribution is 6.30. The largest absolute Gasteiger partial charge is 0.437 e. The van der Waals surface area contributed by atoms with Crippen LogP contribution in [0.5, 0.6) is 11.6 Å². The SMILES string of the molecule is Cc1ccc(Cl)cc1Oc1cnc(CNC2CC2)cn1. The van der Waals surface area contributed by atoms with Gasteiger partial charge in [0.05, 0.1) is 18.1 Å². The summed E-state index contributed by atoms with van der Waals surface area (Å²) in [7, 11) is 0. The molecule has 1 aromatic carbocycles. The maximum Gasteiger partial charge on any atom is 0.237 e. The van der Waals surface area contributed by atoms with E-state index in [4.69, 9.17) is 16.3 Å². The first-order valence-corrected chi connectivity index (χ1v) is 7.07. The van der Waals surface area contributed by atoms with E-state index in [2.05, 4.69) is 15.3 Å². The molecule has 1 fully saturated rings. The second kappa shape index (κ2) is 5.77. The molecule has 0 radical (unpaired) electrons. The molecule has 0 unspecified atom stereocenters. The van der Waals surface area contributed by atoms with Crippen molar-refractivity contribution < 1.29 is 4.74 Å². The number of aromatic nitrogens is 2. The average Bonchev–Trinajstić information content (AvgIpc) is 3.26. The fourth-order valence-corrected chi connectivity index (χ4v) is 1.98. The molecule has 1 aliphatic carbocycles. The quantitative estimate of drug-likeness (QED) is 0.915. The molecule has 104 valence electrons. The van der Waals surface area contributed by atoms with E-state index in [1.165, 1.54) is 12.8 Å². The topological polar surface area (TPSA) is 47.0 Å². The van der Waals surface area contributed by atoms with Crippen LogP contribution in [-0.2, 0) is 6.54 Å². The number of hydrogen-bond acceptors (Lipinski definition) is 4. The first-order valence-electron chi connectivity index (χ1n) is 6.69. The zero-order valence-corrected chi connectivity index (χ0v) is 12.0. The number of nitrogens with zero attached hydrogens (tertiary/aromatic N) is 2. The van der Waals surface area contributed by atoms with Crippen molar-refractivity contribution in [1.82, 2.24) is 15.3 Å². The highest BCUT2D eigenvalue weighted by Gasteiger charge is 2.20. The summed E-state index contributed by atoms with van der Waals surface area (Å²) in [6.07, 6.45) is 5.92. The Bertz CT molecular complexity index is 597. The molecule has 0 aliphatic heterocycles. The van der Waals surface area contributed by atoms with Crippen LogP contribution in [0.4, 0.5) is 0 Å². The van der Waals surface area contributed by atoms with Gasteiger partial charge in [-0.1, -0.05) is 17.7 Å². The summed E-state index contributed by atoms with van der Waals surface area (Å²) in [6, 6.07) is 6.20. The lowest BCUT2D eigenvalue weighted by atomic mass is 10.2. The molecule has 0 atom stereocenters. The summed E-state index contributed by atoms with van der Waals surface area (Å²) in [5, 5.41) is 4.04. The number of ether oxygens (including phenoxy) is 1. The lowest BCUT2D eigenvalue weighted by Crippen LogP contribution is -2.16. The van der Waals surface area contributed by atoms with Crippen LogP contribution in [0.25, 0.3) is 0 Å². The molecule has 1 N–H and O–H groups in total. The van der Waals surface area contributed by atoms with Gasteiger partial charge in [-0.05, 0) is 37.5 Å². The molecule has 5 heteroatoms. The van der Waals surface area contributed by atoms with Gasteiger partial charge in [0.1, 0.15) is 5.75 Å². The molecule has 0 saturated heterocycles. The minimum absolute atomic E-state index is 0.477. The zero-order valence-electron chi connectivity index (χ0n) is 11.3. The van der Waals surface area contributed by atoms with E-state index < -0.39 is 0 Å². The van der Waals surface area contributed by atoms with Gasteiger partial charge in [-0.25, -0.2) is 4.98 Å². The molecule has 20 heavy (non-hydrogen) atoms. The van der Waals surface area contributed by atoms with Gasteiger partial charge in [0, 0.05) is 17.6 Å². The molecule has 0 amide bonds. The molecule has 1 aromatic heterocycles. The smallest absolute Gasteiger partial charge is 0.237 e. The van der Waals surface area contributed by atoms with Crippen molar-refractivity contribution in [2.24, 2.45) is 0 Å². The summed E-state index contributed by atoms with van der Waals surface area (Å²) in [5.41, 5.74) is 1.93. The van der Waals surface area contributed by atoms with Crippen LogP contribution in [0.3, 0.4) is 0 Å². The highest BCUT2D eigenvalue weighted by Crippen LogP contribution is 2.26. The standard InChI is InChI=1S/C15H16ClN3O/c1-10-2-3-11(16)6-14(10)20-15-9-18-13(8-19-15)7-17-12-4-5-12/h2-3,6,8-9,12,17H,4-5,7H2,1H3. The predicted octanol–water partition coefficient (Wildman–Crippen LogP) is 3.48. The van der Waals surface area contributed by atoms with Gasteiger partial charge in [-0.3, -0.25) is 4.98 Å². The number of benzene rings is 1. The number of nitrogens with one attached hydrogen (secondary N) is 1. The Balaban J connectivity index is 1.66. The van der Waals surface area contributed by atoms with Crippen molar-refractivity contribution in [3.63, 3.8) is 0 Å². The van der Waals surface area contributed by atoms with Gasteiger partial charge in [0.25, 0.3) is 0 Å². The van der Waals surface area contributed by atoms with Gasteiger partial charge in [-0.15, -0.1) is 0 Å². The van der Waals surface area contributed by atoms with Crippen LogP contribution >= 0.6 is 11.6 Å². The van der Waals surface area contributed by atoms with Gasteiger partial charge < -0.3 is 10.1 Å². The second-order valence-electron chi connectivity index (χ2n) is 5.01. The normalized spacial score (nSPS) is 14.3. The lowest BCUT2D eigenvalue weighted by Gasteiger charge is -2.08. The molecule has 0 spiro atoms. The monoisotopic (exact) mass is 289 g/mol. The lowest BCUT2D eigenvalue weighted by molar-refractivity contribution is 0.455. The molecule has 2 aromatic rings. The van der Waals surface area contributed by atoms with E-state index in [0.717, 1.165) is 17.8 Å². The summed E-state index contributed by atoms with van der Waals surface area (Å²) < 4.78 is 5.70. The molecule has 1 aliphatic rings. The summed E-state index contributed by atoms with van der Waals surface area (Å²) in [5.74, 6) is 1.18. The van der Waals surface area contributed by atoms with Crippen LogP contribution in [0.2, 0.25) is 5.02 Å². The van der Waals surface area contributed by atoms with E-state index in [0.29, 0.717) is 22.7 Å². The van der Waals surface area contributed by atoms with Crippen LogP contribution in [0.15, 0.2) is 30.6 Å². The Morgan fingerprint density at radius 2 is 2.15 bits per heavy atom. The number of aryl methyl sites for hydroxylation is 1. The molecule has 3 rings (SSSR count). The maximum absolute atomic E-state index is 5.96. The first-order chi connectivity index (χ1) is 9.70. The van der Waals surface area contributed by atoms with Crippen molar-refractivity contribution >= 4 is 11.6 Å². The van der Waals surface area contributed by atoms with Crippen LogP contribution in [0.1, 0.15) is 24.1 Å². The predicted molar refractivity (Wildman–Crippen MR) is 78.2 cm³/mol. The molecular weight excluding hydrogens is 274 g/mol. The summed E-state index contributed by atoms with van der Waals surface area (Å²) in [4.78, 5) is 8.62. The van der Waals surface area contributed by atoms with Crippen molar-refractivity contribution in [2.75, 3.05) is 0 Å². The van der Waals surface area contributed by atoms with Crippen molar-refractivity contribution in [1.29, 1.82) is 0 Å². The first kappa shape index (κ1) is 13.3. The summed E-state index contributed by atoms with van der Waals surface area (Å²) in [6.45, 7) is 2.72. The third-order valence-electron chi connectivity index (χ3n) is 3.20. The zero-order chi connectivity index (χ0) is 13.9. The fourth-order valence-electron chi connectivity index (χ4n) is 1.82. The number of hydrogen-bond donors (Lipinski definition) is 1. The third-order valence-corrected chi connectivity index (χ3v) is 3.43. The molecule has 1 heterocycles. The fraction of sp³-hybridized carbons (Fsp3) is 0.333. The van der Waals surface area contributed by atoms with Gasteiger partial charge in [0.15, 0.2) is 0 Å². The van der Waals surface area contributed by atoms with Gasteiger partial charge in [-0.2, -0.15) is 0 Å². The Morgan fingerprint density at radius 1 is 1.30 bits per heavy atom. The van der Waals surface area contributed by atoms with Crippen LogP contribution < -0.4 is 10.1 Å². The number of halogens is 1. The van der Waals surface area contributed by atoms with E-state index in [1.54, 1.807) is 18.5 Å². The Hall–Kier alpha value is -1.65. The Labute approximate surface area is 123 Å². The minimum Gasteiger partial charge on any atom is -0.437 e. The number of rotatable bonds is 5. The van der Waals surface area contributed by atoms with E-state index in [9.17, 15) is 0 Å². The Kier molecular flexibility index (Phi) is 3.85. The summed E-state index contributed by atoms with van der Waals surface area (Å²) >= 11 is 5.96. The Morgan fingerprint density at radius 3 is 2.85 bits per heavy atom. The van der Waals surface area contributed by atoms with E-state index in [1.807, 2.05) is 19.1 Å². The average molecular weight is 290 g/mol. The van der Waals surface area contributed by atoms with Gasteiger partial charge >= 0.3 is 0 Å². The van der Waals surface area contributed by atoms with Crippen LogP contribution in [-0.4, -0.2) is 16.0 Å². The molecule has 0 bridgehead atoms. The third kappa shape index (κ3) is 3.46. The highest BCUT2D eigenvalue weighted by atomic mass is 35.5. The maximum atomic E-state index is 5.96. The van der Waals surface area contributed by atoms with Gasteiger partial charge in [0.2, 0.25) is 5.88 Å². The van der Waals surface area contributed by atoms with E-state index >= 15 is 0 Å².